The summed E-state index contributed by atoms with van der Waals surface area (Å²) in [7, 11) is 3.07. The van der Waals surface area contributed by atoms with Crippen LogP contribution in [-0.2, 0) is 9.59 Å². The van der Waals surface area contributed by atoms with Crippen molar-refractivity contribution in [2.75, 3.05) is 14.2 Å². The minimum Gasteiger partial charge on any atom is -0.496 e. The van der Waals surface area contributed by atoms with Crippen LogP contribution in [0.1, 0.15) is 36.8 Å². The van der Waals surface area contributed by atoms with E-state index in [-0.39, 0.29) is 11.6 Å². The molecule has 0 spiro atoms. The van der Waals surface area contributed by atoms with Crippen molar-refractivity contribution in [1.29, 1.82) is 0 Å². The number of carbonyl (C=O) groups excluding carboxylic acids is 3. The Labute approximate surface area is 151 Å². The molecule has 3 rings (SSSR count). The van der Waals surface area contributed by atoms with Gasteiger partial charge in [-0.25, -0.2) is 4.79 Å². The van der Waals surface area contributed by atoms with Crippen molar-refractivity contribution in [3.05, 3.63) is 28.8 Å². The average molecular weight is 358 g/mol. The van der Waals surface area contributed by atoms with Crippen LogP contribution in [0.5, 0.6) is 11.5 Å². The van der Waals surface area contributed by atoms with Gasteiger partial charge in [0.05, 0.1) is 14.2 Å². The third-order valence-electron chi connectivity index (χ3n) is 4.93. The fourth-order valence-corrected chi connectivity index (χ4v) is 3.62. The highest BCUT2D eigenvalue weighted by Gasteiger charge is 2.40. The smallest absolute Gasteiger partial charge is 0.331 e. The quantitative estimate of drug-likeness (QED) is 0.660. The van der Waals surface area contributed by atoms with Crippen LogP contribution in [0.25, 0.3) is 6.08 Å². The van der Waals surface area contributed by atoms with Gasteiger partial charge in [0, 0.05) is 17.2 Å². The van der Waals surface area contributed by atoms with Crippen molar-refractivity contribution in [2.45, 2.75) is 38.6 Å². The summed E-state index contributed by atoms with van der Waals surface area (Å²) < 4.78 is 10.7. The number of nitrogens with one attached hydrogen (secondary N) is 1. The van der Waals surface area contributed by atoms with E-state index >= 15 is 0 Å². The minimum absolute atomic E-state index is 0.0700. The number of amides is 4. The summed E-state index contributed by atoms with van der Waals surface area (Å²) in [4.78, 5) is 38.5. The molecule has 1 heterocycles. The topological polar surface area (TPSA) is 84.9 Å². The van der Waals surface area contributed by atoms with Gasteiger partial charge < -0.3 is 9.47 Å². The van der Waals surface area contributed by atoms with Crippen molar-refractivity contribution >= 4 is 23.9 Å². The highest BCUT2D eigenvalue weighted by molar-refractivity contribution is 6.31. The molecule has 138 valence electrons. The zero-order valence-electron chi connectivity index (χ0n) is 15.1. The first-order valence-electron chi connectivity index (χ1n) is 8.60. The lowest BCUT2D eigenvalue weighted by Gasteiger charge is -2.31. The molecular formula is C19H22N2O5. The molecule has 0 aromatic heterocycles. The summed E-state index contributed by atoms with van der Waals surface area (Å²) in [6.07, 6.45) is 4.95. The Balaban J connectivity index is 2.01. The number of ether oxygens (including phenoxy) is 2. The van der Waals surface area contributed by atoms with Crippen LogP contribution in [0.2, 0.25) is 0 Å². The number of nitrogens with zero attached hydrogens (tertiary/aromatic N) is 1. The number of urea groups is 1. The molecule has 2 aliphatic rings. The zero-order valence-corrected chi connectivity index (χ0v) is 15.1. The maximum absolute atomic E-state index is 12.9. The van der Waals surface area contributed by atoms with Crippen LogP contribution in [-0.4, -0.2) is 43.0 Å². The molecule has 7 heteroatoms. The molecule has 1 aliphatic heterocycles. The largest absolute Gasteiger partial charge is 0.496 e. The van der Waals surface area contributed by atoms with E-state index in [1.165, 1.54) is 18.1 Å². The predicted molar refractivity (Wildman–Crippen MR) is 94.9 cm³/mol. The monoisotopic (exact) mass is 358 g/mol. The van der Waals surface area contributed by atoms with E-state index in [1.807, 2.05) is 6.92 Å². The molecule has 1 aromatic rings. The summed E-state index contributed by atoms with van der Waals surface area (Å²) >= 11 is 0. The Morgan fingerprint density at radius 2 is 1.81 bits per heavy atom. The van der Waals surface area contributed by atoms with Crippen molar-refractivity contribution < 1.29 is 23.9 Å². The van der Waals surface area contributed by atoms with E-state index in [4.69, 9.17) is 9.47 Å². The van der Waals surface area contributed by atoms with E-state index < -0.39 is 17.8 Å². The average Bonchev–Trinajstić information content (AvgIpc) is 3.12. The molecule has 4 amide bonds. The number of methoxy groups -OCH3 is 2. The maximum Gasteiger partial charge on any atom is 0.331 e. The van der Waals surface area contributed by atoms with E-state index in [2.05, 4.69) is 5.32 Å². The number of hydrogen-bond acceptors (Lipinski definition) is 5. The molecule has 0 unspecified atom stereocenters. The molecule has 1 N–H and O–H groups in total. The van der Waals surface area contributed by atoms with Crippen molar-refractivity contribution in [2.24, 2.45) is 0 Å². The minimum atomic E-state index is -0.690. The van der Waals surface area contributed by atoms with E-state index in [9.17, 15) is 14.4 Å². The third-order valence-corrected chi connectivity index (χ3v) is 4.93. The van der Waals surface area contributed by atoms with E-state index in [0.717, 1.165) is 31.2 Å². The van der Waals surface area contributed by atoms with Crippen LogP contribution in [0.4, 0.5) is 4.79 Å². The van der Waals surface area contributed by atoms with Gasteiger partial charge in [-0.2, -0.15) is 0 Å². The first-order valence-corrected chi connectivity index (χ1v) is 8.60. The molecule has 0 bridgehead atoms. The Hall–Kier alpha value is -2.83. The van der Waals surface area contributed by atoms with Crippen LogP contribution in [0, 0.1) is 6.92 Å². The molecule has 1 saturated heterocycles. The summed E-state index contributed by atoms with van der Waals surface area (Å²) in [5.74, 6) is -0.0844. The SMILES string of the molecule is COc1ccc(/C=C2\C(=O)NC(=O)N(C3CCCC3)C2=O)c(OC)c1C. The maximum atomic E-state index is 12.9. The fourth-order valence-electron chi connectivity index (χ4n) is 3.62. The second kappa shape index (κ2) is 7.19. The first-order chi connectivity index (χ1) is 12.5. The molecule has 0 radical (unpaired) electrons. The lowest BCUT2D eigenvalue weighted by Crippen LogP contribution is -2.57. The van der Waals surface area contributed by atoms with Crippen molar-refractivity contribution in [3.8, 4) is 11.5 Å². The number of carbonyl (C=O) groups is 3. The molecule has 1 saturated carbocycles. The summed E-state index contributed by atoms with van der Waals surface area (Å²) in [5, 5.41) is 2.28. The van der Waals surface area contributed by atoms with Gasteiger partial charge in [0.25, 0.3) is 11.8 Å². The third kappa shape index (κ3) is 3.05. The molecule has 2 fully saturated rings. The normalized spacial score (nSPS) is 19.9. The summed E-state index contributed by atoms with van der Waals surface area (Å²) in [6, 6.07) is 2.67. The van der Waals surface area contributed by atoms with E-state index in [0.29, 0.717) is 17.1 Å². The van der Waals surface area contributed by atoms with Gasteiger partial charge in [0.2, 0.25) is 0 Å². The van der Waals surface area contributed by atoms with Crippen molar-refractivity contribution in [3.63, 3.8) is 0 Å². The second-order valence-corrected chi connectivity index (χ2v) is 6.45. The van der Waals surface area contributed by atoms with Gasteiger partial charge in [-0.3, -0.25) is 19.8 Å². The first kappa shape index (κ1) is 18.0. The molecule has 1 aromatic carbocycles. The Morgan fingerprint density at radius 3 is 2.42 bits per heavy atom. The molecule has 0 atom stereocenters. The predicted octanol–water partition coefficient (Wildman–Crippen LogP) is 2.42. The number of imide groups is 2. The highest BCUT2D eigenvalue weighted by atomic mass is 16.5. The van der Waals surface area contributed by atoms with Gasteiger partial charge >= 0.3 is 6.03 Å². The van der Waals surface area contributed by atoms with Crippen molar-refractivity contribution in [1.82, 2.24) is 10.2 Å². The fraction of sp³-hybridized carbons (Fsp3) is 0.421. The van der Waals surface area contributed by atoms with Gasteiger partial charge in [0.1, 0.15) is 17.1 Å². The van der Waals surface area contributed by atoms with Crippen LogP contribution < -0.4 is 14.8 Å². The molecule has 7 nitrogen and oxygen atoms in total. The number of benzene rings is 1. The lowest BCUT2D eigenvalue weighted by molar-refractivity contribution is -0.131. The summed E-state index contributed by atoms with van der Waals surface area (Å²) in [5.41, 5.74) is 1.26. The Morgan fingerprint density at radius 1 is 1.12 bits per heavy atom. The van der Waals surface area contributed by atoms with Gasteiger partial charge in [-0.05, 0) is 38.0 Å². The van der Waals surface area contributed by atoms with Gasteiger partial charge in [0.15, 0.2) is 0 Å². The van der Waals surface area contributed by atoms with Gasteiger partial charge in [-0.1, -0.05) is 12.8 Å². The van der Waals surface area contributed by atoms with Crippen LogP contribution in [0.15, 0.2) is 17.7 Å². The molecule has 1 aliphatic carbocycles. The van der Waals surface area contributed by atoms with E-state index in [1.54, 1.807) is 19.2 Å². The number of rotatable bonds is 4. The van der Waals surface area contributed by atoms with Crippen LogP contribution in [0.3, 0.4) is 0 Å². The van der Waals surface area contributed by atoms with Gasteiger partial charge in [-0.15, -0.1) is 0 Å². The zero-order chi connectivity index (χ0) is 18.8. The second-order valence-electron chi connectivity index (χ2n) is 6.45. The summed E-state index contributed by atoms with van der Waals surface area (Å²) in [6.45, 7) is 1.83. The Kier molecular flexibility index (Phi) is 4.97. The Bertz CT molecular complexity index is 793. The number of hydrogen-bond donors (Lipinski definition) is 1. The number of barbiturate groups is 1. The van der Waals surface area contributed by atoms with Crippen LogP contribution >= 0.6 is 0 Å². The highest BCUT2D eigenvalue weighted by Crippen LogP contribution is 2.33. The molecule has 26 heavy (non-hydrogen) atoms. The standard InChI is InChI=1S/C19H22N2O5/c1-11-15(25-2)9-8-12(16(11)26-3)10-14-17(22)20-19(24)21(18(14)23)13-6-4-5-7-13/h8-10,13H,4-7H2,1-3H3,(H,20,22,24)/b14-10+. The molecular weight excluding hydrogens is 336 g/mol. The lowest BCUT2D eigenvalue weighted by atomic mass is 10.0.